The molecular weight excluding hydrogens is 156 g/mol. The van der Waals surface area contributed by atoms with E-state index in [2.05, 4.69) is 27.7 Å². The lowest BCUT2D eigenvalue weighted by Crippen LogP contribution is -2.29. The molecule has 0 spiro atoms. The predicted octanol–water partition coefficient (Wildman–Crippen LogP) is 4.10. The number of hydrogen-bond donors (Lipinski definition) is 0. The van der Waals surface area contributed by atoms with Crippen molar-refractivity contribution in [2.45, 2.75) is 53.4 Å². The van der Waals surface area contributed by atoms with Crippen molar-refractivity contribution in [1.82, 2.24) is 0 Å². The van der Waals surface area contributed by atoms with Crippen molar-refractivity contribution in [3.05, 3.63) is 0 Å². The fourth-order valence-corrected chi connectivity index (χ4v) is 3.33. The van der Waals surface area contributed by atoms with Crippen LogP contribution in [-0.4, -0.2) is 0 Å². The Bertz CT molecular complexity index is 224. The standard InChI is InChI=1S/C13H24/c1-9(13(2,3)4)12-8-10-5-6-11(12)7-10/h9-12H,5-8H2,1-4H3/i9D. The molecule has 0 aliphatic heterocycles. The van der Waals surface area contributed by atoms with Crippen molar-refractivity contribution in [2.24, 2.45) is 29.1 Å². The lowest BCUT2D eigenvalue weighted by molar-refractivity contribution is 0.128. The summed E-state index contributed by atoms with van der Waals surface area (Å²) in [7, 11) is 0. The zero-order valence-electron chi connectivity index (χ0n) is 10.6. The normalized spacial score (nSPS) is 44.6. The maximum Gasteiger partial charge on any atom is 0.0308 e. The van der Waals surface area contributed by atoms with E-state index >= 15 is 0 Å². The van der Waals surface area contributed by atoms with Gasteiger partial charge in [0.05, 0.1) is 0 Å². The molecule has 13 heavy (non-hydrogen) atoms. The van der Waals surface area contributed by atoms with Crippen LogP contribution in [0.4, 0.5) is 0 Å². The summed E-state index contributed by atoms with van der Waals surface area (Å²) in [5.41, 5.74) is 0.127. The van der Waals surface area contributed by atoms with E-state index < -0.39 is 0 Å². The highest BCUT2D eigenvalue weighted by Crippen LogP contribution is 2.53. The van der Waals surface area contributed by atoms with Crippen LogP contribution in [0.3, 0.4) is 0 Å². The third-order valence-electron chi connectivity index (χ3n) is 4.48. The number of hydrogen-bond acceptors (Lipinski definition) is 0. The van der Waals surface area contributed by atoms with Crippen molar-refractivity contribution in [3.8, 4) is 0 Å². The van der Waals surface area contributed by atoms with E-state index in [1.165, 1.54) is 25.7 Å². The van der Waals surface area contributed by atoms with Gasteiger partial charge in [0.15, 0.2) is 0 Å². The van der Waals surface area contributed by atoms with Crippen LogP contribution in [0.5, 0.6) is 0 Å². The summed E-state index contributed by atoms with van der Waals surface area (Å²) in [5, 5.41) is 0. The summed E-state index contributed by atoms with van der Waals surface area (Å²) >= 11 is 0. The first-order valence-corrected chi connectivity index (χ1v) is 5.82. The Hall–Kier alpha value is 0. The van der Waals surface area contributed by atoms with Crippen LogP contribution in [0.15, 0.2) is 0 Å². The fourth-order valence-electron chi connectivity index (χ4n) is 3.33. The molecule has 0 amide bonds. The Morgan fingerprint density at radius 3 is 2.31 bits per heavy atom. The topological polar surface area (TPSA) is 0 Å². The SMILES string of the molecule is [2H]C(C)(C1CC2CCC1C2)C(C)(C)C. The first-order chi connectivity index (χ1) is 6.32. The minimum Gasteiger partial charge on any atom is -0.0617 e. The third kappa shape index (κ3) is 1.65. The minimum atomic E-state index is -0.229. The average molecular weight is 181 g/mol. The largest absolute Gasteiger partial charge is 0.0617 e. The molecule has 0 aromatic carbocycles. The zero-order valence-corrected chi connectivity index (χ0v) is 9.56. The van der Waals surface area contributed by atoms with E-state index in [0.29, 0.717) is 5.92 Å². The molecule has 0 aromatic heterocycles. The van der Waals surface area contributed by atoms with Gasteiger partial charge in [-0.2, -0.15) is 0 Å². The molecule has 4 atom stereocenters. The quantitative estimate of drug-likeness (QED) is 0.571. The summed E-state index contributed by atoms with van der Waals surface area (Å²) in [6.45, 7) is 8.85. The van der Waals surface area contributed by atoms with Gasteiger partial charge < -0.3 is 0 Å². The van der Waals surface area contributed by atoms with E-state index in [-0.39, 0.29) is 11.3 Å². The summed E-state index contributed by atoms with van der Waals surface area (Å²) in [6.07, 6.45) is 5.61. The zero-order chi connectivity index (χ0) is 10.6. The first-order valence-electron chi connectivity index (χ1n) is 6.32. The lowest BCUT2D eigenvalue weighted by Gasteiger charge is -2.37. The highest BCUT2D eigenvalue weighted by molar-refractivity contribution is 4.94. The predicted molar refractivity (Wildman–Crippen MR) is 57.6 cm³/mol. The van der Waals surface area contributed by atoms with Gasteiger partial charge in [-0.3, -0.25) is 0 Å². The van der Waals surface area contributed by atoms with Crippen molar-refractivity contribution < 1.29 is 1.37 Å². The first kappa shape index (κ1) is 8.32. The summed E-state index contributed by atoms with van der Waals surface area (Å²) in [4.78, 5) is 0. The van der Waals surface area contributed by atoms with Crippen LogP contribution in [-0.2, 0) is 0 Å². The second-order valence-corrected chi connectivity index (χ2v) is 6.21. The van der Waals surface area contributed by atoms with Crippen molar-refractivity contribution in [1.29, 1.82) is 0 Å². The molecule has 0 heteroatoms. The van der Waals surface area contributed by atoms with Crippen molar-refractivity contribution in [3.63, 3.8) is 0 Å². The van der Waals surface area contributed by atoms with Gasteiger partial charge in [-0.25, -0.2) is 0 Å². The van der Waals surface area contributed by atoms with Gasteiger partial charge in [0.1, 0.15) is 0 Å². The van der Waals surface area contributed by atoms with E-state index in [0.717, 1.165) is 11.8 Å². The van der Waals surface area contributed by atoms with Crippen LogP contribution < -0.4 is 0 Å². The molecular formula is C13H24. The average Bonchev–Trinajstić information content (AvgIpc) is 2.61. The molecule has 0 aromatic rings. The van der Waals surface area contributed by atoms with Gasteiger partial charge >= 0.3 is 0 Å². The molecule has 2 aliphatic rings. The molecule has 0 nitrogen and oxygen atoms in total. The van der Waals surface area contributed by atoms with Crippen LogP contribution >= 0.6 is 0 Å². The van der Waals surface area contributed by atoms with Crippen molar-refractivity contribution in [2.75, 3.05) is 0 Å². The Morgan fingerprint density at radius 1 is 1.23 bits per heavy atom. The highest BCUT2D eigenvalue weighted by atomic mass is 14.5. The van der Waals surface area contributed by atoms with Crippen molar-refractivity contribution >= 4 is 0 Å². The van der Waals surface area contributed by atoms with Gasteiger partial charge in [0.2, 0.25) is 0 Å². The second-order valence-electron chi connectivity index (χ2n) is 6.21. The van der Waals surface area contributed by atoms with Gasteiger partial charge in [-0.05, 0) is 48.3 Å². The van der Waals surface area contributed by atoms with Crippen LogP contribution in [0.2, 0.25) is 0 Å². The van der Waals surface area contributed by atoms with Gasteiger partial charge in [-0.1, -0.05) is 34.1 Å². The summed E-state index contributed by atoms with van der Waals surface area (Å²) in [5.74, 6) is 2.28. The van der Waals surface area contributed by atoms with E-state index in [1.54, 1.807) is 0 Å². The molecule has 2 fully saturated rings. The molecule has 2 saturated carbocycles. The van der Waals surface area contributed by atoms with Crippen LogP contribution in [0, 0.1) is 29.1 Å². The maximum absolute atomic E-state index is 8.63. The smallest absolute Gasteiger partial charge is 0.0308 e. The molecule has 0 saturated heterocycles. The Labute approximate surface area is 84.5 Å². The van der Waals surface area contributed by atoms with Gasteiger partial charge in [0.25, 0.3) is 0 Å². The Morgan fingerprint density at radius 2 is 1.92 bits per heavy atom. The number of rotatable bonds is 1. The third-order valence-corrected chi connectivity index (χ3v) is 4.48. The van der Waals surface area contributed by atoms with Gasteiger partial charge in [-0.15, -0.1) is 0 Å². The molecule has 2 aliphatic carbocycles. The molecule has 0 radical (unpaired) electrons. The summed E-state index contributed by atoms with van der Waals surface area (Å²) < 4.78 is 8.63. The molecule has 0 heterocycles. The highest BCUT2D eigenvalue weighted by Gasteiger charge is 2.44. The second kappa shape index (κ2) is 3.00. The van der Waals surface area contributed by atoms with E-state index in [1.807, 2.05) is 0 Å². The molecule has 4 unspecified atom stereocenters. The van der Waals surface area contributed by atoms with Gasteiger partial charge in [0, 0.05) is 1.37 Å². The minimum absolute atomic E-state index is 0.127. The Kier molecular flexibility index (Phi) is 1.92. The van der Waals surface area contributed by atoms with Crippen LogP contribution in [0.25, 0.3) is 0 Å². The Balaban J connectivity index is 2.16. The monoisotopic (exact) mass is 181 g/mol. The molecule has 76 valence electrons. The molecule has 0 N–H and O–H groups in total. The fraction of sp³-hybridized carbons (Fsp3) is 1.00. The number of fused-ring (bicyclic) bond motifs is 2. The van der Waals surface area contributed by atoms with E-state index in [4.69, 9.17) is 1.37 Å². The van der Waals surface area contributed by atoms with Crippen LogP contribution in [0.1, 0.15) is 54.7 Å². The molecule has 2 bridgehead atoms. The lowest BCUT2D eigenvalue weighted by atomic mass is 9.69. The molecule has 2 rings (SSSR count). The summed E-state index contributed by atoms with van der Waals surface area (Å²) in [6, 6.07) is 0. The van der Waals surface area contributed by atoms with E-state index in [9.17, 15) is 0 Å². The maximum atomic E-state index is 8.63.